The van der Waals surface area contributed by atoms with Crippen molar-refractivity contribution in [3.8, 4) is 6.07 Å². The number of carbonyl (C=O) groups excluding carboxylic acids is 1. The van der Waals surface area contributed by atoms with Crippen LogP contribution < -0.4 is 10.6 Å². The number of morpholine rings is 1. The topological polar surface area (TPSA) is 97.6 Å². The van der Waals surface area contributed by atoms with E-state index >= 15 is 0 Å². The fraction of sp³-hybridized carbons (Fsp3) is 0.600. The Morgan fingerprint density at radius 2 is 1.78 bits per heavy atom. The fourth-order valence-corrected chi connectivity index (χ4v) is 2.88. The lowest BCUT2D eigenvalue weighted by Gasteiger charge is -2.26. The third-order valence-corrected chi connectivity index (χ3v) is 4.74. The second-order valence-electron chi connectivity index (χ2n) is 9.30. The molecule has 0 spiro atoms. The second kappa shape index (κ2) is 13.9. The maximum absolute atomic E-state index is 12.4. The molecular formula is C25H40N4O3. The first-order chi connectivity index (χ1) is 15.1. The van der Waals surface area contributed by atoms with Gasteiger partial charge in [0, 0.05) is 31.9 Å². The predicted molar refractivity (Wildman–Crippen MR) is 130 cm³/mol. The molecule has 0 bridgehead atoms. The number of carbonyl (C=O) groups is 1. The number of benzene rings is 1. The summed E-state index contributed by atoms with van der Waals surface area (Å²) in [6, 6.07) is 9.67. The van der Waals surface area contributed by atoms with E-state index in [0.29, 0.717) is 5.57 Å². The Kier molecular flexibility index (Phi) is 12.0. The van der Waals surface area contributed by atoms with Gasteiger partial charge in [0.15, 0.2) is 0 Å². The minimum atomic E-state index is -0.784. The standard InChI is InChI=1S/C21H30N4O3.C4H10/c1-16(19(14-22)20(27)24-21(2,3)15-26)17-4-6-18(7-5-17)23-8-9-25-10-12-28-13-11-25;1-4(2)3/h4-7,23,26H,8-13,15H2,1-3H3,(H,24,27);4H,1-3H3/b19-16+;. The van der Waals surface area contributed by atoms with Crippen LogP contribution in [0.25, 0.3) is 5.57 Å². The van der Waals surface area contributed by atoms with Gasteiger partial charge in [-0.05, 0) is 50.0 Å². The number of allylic oxidation sites excluding steroid dienone is 1. The molecule has 1 aromatic rings. The van der Waals surface area contributed by atoms with Crippen molar-refractivity contribution >= 4 is 17.2 Å². The van der Waals surface area contributed by atoms with Gasteiger partial charge in [-0.25, -0.2) is 0 Å². The first kappa shape index (κ1) is 27.6. The Morgan fingerprint density at radius 3 is 2.28 bits per heavy atom. The van der Waals surface area contributed by atoms with E-state index in [1.54, 1.807) is 20.8 Å². The van der Waals surface area contributed by atoms with Gasteiger partial charge >= 0.3 is 0 Å². The highest BCUT2D eigenvalue weighted by molar-refractivity contribution is 6.04. The third kappa shape index (κ3) is 10.3. The summed E-state index contributed by atoms with van der Waals surface area (Å²) >= 11 is 0. The van der Waals surface area contributed by atoms with Crippen molar-refractivity contribution in [2.45, 2.75) is 47.1 Å². The van der Waals surface area contributed by atoms with E-state index in [4.69, 9.17) is 4.74 Å². The number of aliphatic hydroxyl groups excluding tert-OH is 1. The SMILES string of the molecule is C/C(=C(/C#N)C(=O)NC(C)(C)CO)c1ccc(NCCN2CCOCC2)cc1.CC(C)C. The Labute approximate surface area is 193 Å². The molecular weight excluding hydrogens is 404 g/mol. The highest BCUT2D eigenvalue weighted by atomic mass is 16.5. The summed E-state index contributed by atoms with van der Waals surface area (Å²) in [5.41, 5.74) is 1.68. The zero-order valence-electron chi connectivity index (χ0n) is 20.5. The van der Waals surface area contributed by atoms with Gasteiger partial charge < -0.3 is 20.5 Å². The molecule has 0 atom stereocenters. The van der Waals surface area contributed by atoms with Crippen LogP contribution in [0, 0.1) is 17.2 Å². The number of nitriles is 1. The summed E-state index contributed by atoms with van der Waals surface area (Å²) in [6.45, 7) is 16.8. The molecule has 2 rings (SSSR count). The molecule has 1 amide bonds. The van der Waals surface area contributed by atoms with E-state index in [2.05, 4.69) is 36.3 Å². The molecule has 1 aliphatic heterocycles. The molecule has 1 fully saturated rings. The lowest BCUT2D eigenvalue weighted by Crippen LogP contribution is -2.46. The van der Waals surface area contributed by atoms with Crippen molar-refractivity contribution in [3.05, 3.63) is 35.4 Å². The molecule has 1 saturated heterocycles. The molecule has 0 aromatic heterocycles. The third-order valence-electron chi connectivity index (χ3n) is 4.74. The summed E-state index contributed by atoms with van der Waals surface area (Å²) in [5, 5.41) is 24.8. The molecule has 0 saturated carbocycles. The fourth-order valence-electron chi connectivity index (χ4n) is 2.88. The van der Waals surface area contributed by atoms with Gasteiger partial charge in [-0.2, -0.15) is 5.26 Å². The van der Waals surface area contributed by atoms with Gasteiger partial charge in [0.1, 0.15) is 11.6 Å². The first-order valence-corrected chi connectivity index (χ1v) is 11.3. The largest absolute Gasteiger partial charge is 0.394 e. The molecule has 0 unspecified atom stereocenters. The monoisotopic (exact) mass is 444 g/mol. The zero-order chi connectivity index (χ0) is 24.1. The Balaban J connectivity index is 0.00000118. The van der Waals surface area contributed by atoms with E-state index in [9.17, 15) is 15.2 Å². The van der Waals surface area contributed by atoms with E-state index in [1.807, 2.05) is 30.3 Å². The molecule has 7 nitrogen and oxygen atoms in total. The zero-order valence-corrected chi connectivity index (χ0v) is 20.5. The number of rotatable bonds is 8. The van der Waals surface area contributed by atoms with Gasteiger partial charge in [-0.1, -0.05) is 32.9 Å². The normalized spacial score (nSPS) is 15.2. The number of anilines is 1. The van der Waals surface area contributed by atoms with Crippen LogP contribution in [0.3, 0.4) is 0 Å². The number of hydrogen-bond acceptors (Lipinski definition) is 6. The van der Waals surface area contributed by atoms with Crippen molar-refractivity contribution < 1.29 is 14.6 Å². The molecule has 7 heteroatoms. The van der Waals surface area contributed by atoms with E-state index in [-0.39, 0.29) is 12.2 Å². The van der Waals surface area contributed by atoms with Gasteiger partial charge in [-0.15, -0.1) is 0 Å². The minimum Gasteiger partial charge on any atom is -0.394 e. The van der Waals surface area contributed by atoms with Gasteiger partial charge in [0.2, 0.25) is 0 Å². The lowest BCUT2D eigenvalue weighted by atomic mass is 9.99. The Morgan fingerprint density at radius 1 is 1.22 bits per heavy atom. The molecule has 1 aliphatic rings. The lowest BCUT2D eigenvalue weighted by molar-refractivity contribution is -0.119. The molecule has 1 aromatic carbocycles. The van der Waals surface area contributed by atoms with Crippen LogP contribution >= 0.6 is 0 Å². The summed E-state index contributed by atoms with van der Waals surface area (Å²) in [6.07, 6.45) is 0. The molecule has 3 N–H and O–H groups in total. The Hall–Kier alpha value is -2.40. The van der Waals surface area contributed by atoms with Crippen molar-refractivity contribution in [1.29, 1.82) is 5.26 Å². The van der Waals surface area contributed by atoms with Crippen LogP contribution in [0.15, 0.2) is 29.8 Å². The van der Waals surface area contributed by atoms with Gasteiger partial charge in [0.05, 0.1) is 25.4 Å². The predicted octanol–water partition coefficient (Wildman–Crippen LogP) is 3.28. The number of amides is 1. The second-order valence-corrected chi connectivity index (χ2v) is 9.30. The van der Waals surface area contributed by atoms with Crippen molar-refractivity contribution in [2.24, 2.45) is 5.92 Å². The molecule has 32 heavy (non-hydrogen) atoms. The summed E-state index contributed by atoms with van der Waals surface area (Å²) in [4.78, 5) is 14.8. The van der Waals surface area contributed by atoms with Gasteiger partial charge in [-0.3, -0.25) is 9.69 Å². The number of nitrogens with one attached hydrogen (secondary N) is 2. The number of ether oxygens (including phenoxy) is 1. The van der Waals surface area contributed by atoms with Crippen molar-refractivity contribution in [3.63, 3.8) is 0 Å². The van der Waals surface area contributed by atoms with Gasteiger partial charge in [0.25, 0.3) is 5.91 Å². The average molecular weight is 445 g/mol. The molecule has 178 valence electrons. The summed E-state index contributed by atoms with van der Waals surface area (Å²) < 4.78 is 5.35. The number of aliphatic hydroxyl groups is 1. The summed E-state index contributed by atoms with van der Waals surface area (Å²) in [7, 11) is 0. The average Bonchev–Trinajstić information content (AvgIpc) is 2.74. The van der Waals surface area contributed by atoms with Crippen LogP contribution in [-0.4, -0.2) is 67.5 Å². The molecule has 0 aliphatic carbocycles. The van der Waals surface area contributed by atoms with Crippen LogP contribution in [0.4, 0.5) is 5.69 Å². The van der Waals surface area contributed by atoms with Crippen molar-refractivity contribution in [2.75, 3.05) is 51.3 Å². The van der Waals surface area contributed by atoms with Crippen LogP contribution in [0.1, 0.15) is 47.1 Å². The van der Waals surface area contributed by atoms with E-state index in [0.717, 1.165) is 56.6 Å². The highest BCUT2D eigenvalue weighted by Gasteiger charge is 2.23. The van der Waals surface area contributed by atoms with E-state index < -0.39 is 11.4 Å². The van der Waals surface area contributed by atoms with Crippen LogP contribution in [0.5, 0.6) is 0 Å². The molecule has 0 radical (unpaired) electrons. The quantitative estimate of drug-likeness (QED) is 0.421. The minimum absolute atomic E-state index is 0.0505. The van der Waals surface area contributed by atoms with Crippen LogP contribution in [0.2, 0.25) is 0 Å². The highest BCUT2D eigenvalue weighted by Crippen LogP contribution is 2.21. The maximum atomic E-state index is 12.4. The number of hydrogen-bond donors (Lipinski definition) is 3. The van der Waals surface area contributed by atoms with E-state index in [1.165, 1.54) is 0 Å². The van der Waals surface area contributed by atoms with Crippen LogP contribution in [-0.2, 0) is 9.53 Å². The number of nitrogens with zero attached hydrogens (tertiary/aromatic N) is 2. The first-order valence-electron chi connectivity index (χ1n) is 11.3. The Bertz CT molecular complexity index is 771. The summed E-state index contributed by atoms with van der Waals surface area (Å²) in [5.74, 6) is 0.353. The molecule has 1 heterocycles. The smallest absolute Gasteiger partial charge is 0.262 e. The maximum Gasteiger partial charge on any atom is 0.262 e. The van der Waals surface area contributed by atoms with Crippen molar-refractivity contribution in [1.82, 2.24) is 10.2 Å².